The molecule has 1 aromatic heterocycles. The van der Waals surface area contributed by atoms with Crippen molar-refractivity contribution in [3.8, 4) is 12.3 Å². The number of rotatable bonds is 5. The van der Waals surface area contributed by atoms with Crippen LogP contribution in [-0.4, -0.2) is 6.54 Å². The van der Waals surface area contributed by atoms with Crippen LogP contribution in [0.5, 0.6) is 0 Å². The molecule has 1 N–H and O–H groups in total. The number of halogens is 1. The van der Waals surface area contributed by atoms with Gasteiger partial charge in [0, 0.05) is 17.3 Å². The highest BCUT2D eigenvalue weighted by Gasteiger charge is 2.11. The van der Waals surface area contributed by atoms with E-state index in [-0.39, 0.29) is 0 Å². The van der Waals surface area contributed by atoms with E-state index in [9.17, 15) is 0 Å². The summed E-state index contributed by atoms with van der Waals surface area (Å²) >= 11 is 5.24. The quantitative estimate of drug-likeness (QED) is 0.808. The molecular formula is C11H14BrNS. The third kappa shape index (κ3) is 3.45. The van der Waals surface area contributed by atoms with Crippen molar-refractivity contribution in [1.29, 1.82) is 0 Å². The lowest BCUT2D eigenvalue weighted by Crippen LogP contribution is -2.19. The summed E-state index contributed by atoms with van der Waals surface area (Å²) in [5, 5.41) is 3.44. The molecule has 0 radical (unpaired) electrons. The van der Waals surface area contributed by atoms with Gasteiger partial charge in [0.05, 0.1) is 3.79 Å². The van der Waals surface area contributed by atoms with Crippen molar-refractivity contribution in [2.24, 2.45) is 0 Å². The minimum atomic E-state index is 0.410. The molecular weight excluding hydrogens is 258 g/mol. The van der Waals surface area contributed by atoms with Crippen molar-refractivity contribution in [1.82, 2.24) is 5.32 Å². The van der Waals surface area contributed by atoms with Crippen LogP contribution in [0.2, 0.25) is 0 Å². The van der Waals surface area contributed by atoms with Gasteiger partial charge in [-0.15, -0.1) is 23.7 Å². The van der Waals surface area contributed by atoms with Gasteiger partial charge in [0.25, 0.3) is 0 Å². The molecule has 1 rings (SSSR count). The molecule has 0 aromatic carbocycles. The zero-order valence-corrected chi connectivity index (χ0v) is 10.6. The van der Waals surface area contributed by atoms with Gasteiger partial charge in [0.1, 0.15) is 0 Å². The fraction of sp³-hybridized carbons (Fsp3) is 0.455. The van der Waals surface area contributed by atoms with Gasteiger partial charge in [-0.2, -0.15) is 0 Å². The Morgan fingerprint density at radius 2 is 2.43 bits per heavy atom. The standard InChI is InChI=1S/C11H14BrNS/c1-3-5-6-9(13-4-2)10-7-8-11(12)14-10/h1,7-9,13H,4-6H2,2H3. The van der Waals surface area contributed by atoms with Gasteiger partial charge in [-0.25, -0.2) is 0 Å². The molecule has 0 aliphatic carbocycles. The fourth-order valence-electron chi connectivity index (χ4n) is 1.33. The zero-order chi connectivity index (χ0) is 10.4. The van der Waals surface area contributed by atoms with Crippen molar-refractivity contribution in [2.75, 3.05) is 6.54 Å². The van der Waals surface area contributed by atoms with Crippen LogP contribution in [0, 0.1) is 12.3 Å². The van der Waals surface area contributed by atoms with E-state index in [0.717, 1.165) is 19.4 Å². The number of thiophene rings is 1. The summed E-state index contributed by atoms with van der Waals surface area (Å²) < 4.78 is 1.18. The molecule has 76 valence electrons. The zero-order valence-electron chi connectivity index (χ0n) is 8.22. The van der Waals surface area contributed by atoms with Gasteiger partial charge in [-0.1, -0.05) is 6.92 Å². The van der Waals surface area contributed by atoms with Crippen molar-refractivity contribution in [2.45, 2.75) is 25.8 Å². The maximum Gasteiger partial charge on any atom is 0.0701 e. The summed E-state index contributed by atoms with van der Waals surface area (Å²) in [6.45, 7) is 3.09. The number of nitrogens with one attached hydrogen (secondary N) is 1. The van der Waals surface area contributed by atoms with Gasteiger partial charge in [0.2, 0.25) is 0 Å². The second-order valence-electron chi connectivity index (χ2n) is 2.99. The van der Waals surface area contributed by atoms with Crippen LogP contribution in [0.15, 0.2) is 15.9 Å². The van der Waals surface area contributed by atoms with Crippen LogP contribution < -0.4 is 5.32 Å². The molecule has 1 nitrogen and oxygen atoms in total. The number of hydrogen-bond donors (Lipinski definition) is 1. The Bertz CT molecular complexity index is 313. The summed E-state index contributed by atoms with van der Waals surface area (Å²) in [5.74, 6) is 2.69. The summed E-state index contributed by atoms with van der Waals surface area (Å²) in [4.78, 5) is 1.36. The molecule has 0 aliphatic heterocycles. The maximum absolute atomic E-state index is 5.27. The summed E-state index contributed by atoms with van der Waals surface area (Å²) in [6, 6.07) is 4.64. The van der Waals surface area contributed by atoms with E-state index in [1.165, 1.54) is 8.66 Å². The van der Waals surface area contributed by atoms with E-state index >= 15 is 0 Å². The first kappa shape index (κ1) is 11.8. The molecule has 1 atom stereocenters. The van der Waals surface area contributed by atoms with Gasteiger partial charge in [-0.05, 0) is 41.0 Å². The van der Waals surface area contributed by atoms with E-state index in [1.807, 2.05) is 0 Å². The predicted octanol–water partition coefficient (Wildman–Crippen LogP) is 3.57. The molecule has 1 aromatic rings. The third-order valence-corrected chi connectivity index (χ3v) is 3.70. The fourth-order valence-corrected chi connectivity index (χ4v) is 2.87. The average molecular weight is 272 g/mol. The molecule has 0 fully saturated rings. The molecule has 1 heterocycles. The summed E-state index contributed by atoms with van der Waals surface area (Å²) in [7, 11) is 0. The van der Waals surface area contributed by atoms with Crippen molar-refractivity contribution in [3.63, 3.8) is 0 Å². The Balaban J connectivity index is 2.63. The highest BCUT2D eigenvalue weighted by molar-refractivity contribution is 9.11. The van der Waals surface area contributed by atoms with Crippen LogP contribution in [0.25, 0.3) is 0 Å². The molecule has 0 spiro atoms. The molecule has 0 amide bonds. The Labute approximate surface area is 98.0 Å². The second kappa shape index (κ2) is 6.23. The maximum atomic E-state index is 5.27. The van der Waals surface area contributed by atoms with Crippen LogP contribution in [-0.2, 0) is 0 Å². The van der Waals surface area contributed by atoms with Gasteiger partial charge in [0.15, 0.2) is 0 Å². The summed E-state index contributed by atoms with van der Waals surface area (Å²) in [6.07, 6.45) is 7.11. The molecule has 0 saturated heterocycles. The Kier molecular flexibility index (Phi) is 5.24. The topological polar surface area (TPSA) is 12.0 Å². The minimum Gasteiger partial charge on any atom is -0.309 e. The van der Waals surface area contributed by atoms with Crippen LogP contribution in [0.4, 0.5) is 0 Å². The highest BCUT2D eigenvalue weighted by Crippen LogP contribution is 2.29. The first-order valence-electron chi connectivity index (χ1n) is 4.70. The molecule has 0 bridgehead atoms. The van der Waals surface area contributed by atoms with Crippen LogP contribution >= 0.6 is 27.3 Å². The van der Waals surface area contributed by atoms with Gasteiger partial charge >= 0.3 is 0 Å². The Morgan fingerprint density at radius 3 is 2.93 bits per heavy atom. The van der Waals surface area contributed by atoms with Crippen molar-refractivity contribution < 1.29 is 0 Å². The predicted molar refractivity (Wildman–Crippen MR) is 66.5 cm³/mol. The summed E-state index contributed by atoms with van der Waals surface area (Å²) in [5.41, 5.74) is 0. The first-order valence-corrected chi connectivity index (χ1v) is 6.31. The molecule has 14 heavy (non-hydrogen) atoms. The normalized spacial score (nSPS) is 12.4. The monoisotopic (exact) mass is 271 g/mol. The molecule has 0 saturated carbocycles. The van der Waals surface area contributed by atoms with Gasteiger partial charge < -0.3 is 5.32 Å². The molecule has 3 heteroatoms. The largest absolute Gasteiger partial charge is 0.309 e. The van der Waals surface area contributed by atoms with E-state index in [2.05, 4.69) is 46.2 Å². The third-order valence-electron chi connectivity index (χ3n) is 1.97. The van der Waals surface area contributed by atoms with Crippen molar-refractivity contribution in [3.05, 3.63) is 20.8 Å². The van der Waals surface area contributed by atoms with E-state index in [0.29, 0.717) is 6.04 Å². The molecule has 0 aliphatic rings. The lowest BCUT2D eigenvalue weighted by atomic mass is 10.1. The Hall–Kier alpha value is -0.300. The van der Waals surface area contributed by atoms with Crippen molar-refractivity contribution >= 4 is 27.3 Å². The Morgan fingerprint density at radius 1 is 1.64 bits per heavy atom. The second-order valence-corrected chi connectivity index (χ2v) is 5.49. The average Bonchev–Trinajstić information content (AvgIpc) is 2.59. The number of terminal acetylenes is 1. The van der Waals surface area contributed by atoms with E-state index < -0.39 is 0 Å². The molecule has 1 unspecified atom stereocenters. The number of hydrogen-bond acceptors (Lipinski definition) is 2. The minimum absolute atomic E-state index is 0.410. The highest BCUT2D eigenvalue weighted by atomic mass is 79.9. The van der Waals surface area contributed by atoms with E-state index in [1.54, 1.807) is 11.3 Å². The SMILES string of the molecule is C#CCCC(NCC)c1ccc(Br)s1. The van der Waals surface area contributed by atoms with Gasteiger partial charge in [-0.3, -0.25) is 0 Å². The van der Waals surface area contributed by atoms with Crippen LogP contribution in [0.1, 0.15) is 30.7 Å². The lowest BCUT2D eigenvalue weighted by molar-refractivity contribution is 0.530. The first-order chi connectivity index (χ1) is 6.77. The lowest BCUT2D eigenvalue weighted by Gasteiger charge is -2.14. The van der Waals surface area contributed by atoms with Crippen LogP contribution in [0.3, 0.4) is 0 Å². The van der Waals surface area contributed by atoms with E-state index in [4.69, 9.17) is 6.42 Å². The smallest absolute Gasteiger partial charge is 0.0701 e.